The van der Waals surface area contributed by atoms with Crippen LogP contribution in [0.3, 0.4) is 0 Å². The molecule has 0 aliphatic rings. The summed E-state index contributed by atoms with van der Waals surface area (Å²) in [6.45, 7) is 2.38. The molecule has 3 heterocycles. The van der Waals surface area contributed by atoms with Crippen LogP contribution in [0.4, 0.5) is 0 Å². The van der Waals surface area contributed by atoms with E-state index in [2.05, 4.69) is 10.2 Å². The fraction of sp³-hybridized carbons (Fsp3) is 0.250. The van der Waals surface area contributed by atoms with Gasteiger partial charge in [0.05, 0.1) is 24.0 Å². The summed E-state index contributed by atoms with van der Waals surface area (Å²) in [6.07, 6.45) is 4.24. The third-order valence-corrected chi connectivity index (χ3v) is 4.90. The van der Waals surface area contributed by atoms with Crippen molar-refractivity contribution in [3.05, 3.63) is 75.6 Å². The molecule has 1 N–H and O–H groups in total. The van der Waals surface area contributed by atoms with E-state index in [4.69, 9.17) is 21.3 Å². The van der Waals surface area contributed by atoms with Gasteiger partial charge in [0.25, 0.3) is 5.56 Å². The highest BCUT2D eigenvalue weighted by Gasteiger charge is 2.18. The van der Waals surface area contributed by atoms with Crippen molar-refractivity contribution in [1.29, 1.82) is 0 Å². The van der Waals surface area contributed by atoms with Gasteiger partial charge in [0, 0.05) is 42.6 Å². The fourth-order valence-corrected chi connectivity index (χ4v) is 3.47. The molecule has 3 aromatic heterocycles. The van der Waals surface area contributed by atoms with E-state index in [1.807, 2.05) is 48.1 Å². The largest absolute Gasteiger partial charge is 0.378 e. The number of fused-ring (bicyclic) bond motifs is 1. The number of benzene rings is 1. The maximum absolute atomic E-state index is 12.7. The van der Waals surface area contributed by atoms with Crippen LogP contribution in [0.25, 0.3) is 16.8 Å². The first-order valence-corrected chi connectivity index (χ1v) is 9.32. The van der Waals surface area contributed by atoms with E-state index in [-0.39, 0.29) is 11.6 Å². The molecule has 0 fully saturated rings. The number of ether oxygens (including phenoxy) is 1. The molecule has 0 spiro atoms. The van der Waals surface area contributed by atoms with Gasteiger partial charge in [0.1, 0.15) is 0 Å². The number of aromatic nitrogens is 5. The zero-order valence-electron chi connectivity index (χ0n) is 15.6. The lowest BCUT2D eigenvalue weighted by Gasteiger charge is -2.11. The maximum Gasteiger partial charge on any atom is 0.272 e. The highest BCUT2D eigenvalue weighted by molar-refractivity contribution is 6.30. The van der Waals surface area contributed by atoms with Crippen molar-refractivity contribution >= 4 is 17.2 Å². The summed E-state index contributed by atoms with van der Waals surface area (Å²) in [5, 5.41) is 8.04. The molecule has 0 saturated heterocycles. The Morgan fingerprint density at radius 2 is 2.07 bits per heavy atom. The van der Waals surface area contributed by atoms with Crippen LogP contribution in [0, 0.1) is 0 Å². The molecule has 0 saturated carbocycles. The SMILES string of the molecule is COCc1[nH]n2c(=O)cc(CC(C)n3cccn3)nc2c1-c1ccc(Cl)cc1. The third kappa shape index (κ3) is 3.46. The van der Waals surface area contributed by atoms with Crippen LogP contribution in [-0.2, 0) is 17.8 Å². The first-order valence-electron chi connectivity index (χ1n) is 8.94. The molecular formula is C20H20ClN5O2. The van der Waals surface area contributed by atoms with Crippen LogP contribution in [0.2, 0.25) is 5.02 Å². The first-order chi connectivity index (χ1) is 13.6. The highest BCUT2D eigenvalue weighted by Crippen LogP contribution is 2.29. The van der Waals surface area contributed by atoms with Crippen LogP contribution < -0.4 is 5.56 Å². The number of aromatic amines is 1. The van der Waals surface area contributed by atoms with Gasteiger partial charge in [0.15, 0.2) is 5.65 Å². The van der Waals surface area contributed by atoms with Crippen molar-refractivity contribution in [3.8, 4) is 11.1 Å². The molecule has 1 atom stereocenters. The predicted octanol–water partition coefficient (Wildman–Crippen LogP) is 3.49. The van der Waals surface area contributed by atoms with E-state index in [0.717, 1.165) is 16.8 Å². The van der Waals surface area contributed by atoms with Gasteiger partial charge >= 0.3 is 0 Å². The minimum Gasteiger partial charge on any atom is -0.378 e. The van der Waals surface area contributed by atoms with Gasteiger partial charge in [-0.2, -0.15) is 5.10 Å². The Bertz CT molecular complexity index is 1150. The molecule has 0 aliphatic heterocycles. The zero-order valence-corrected chi connectivity index (χ0v) is 16.3. The van der Waals surface area contributed by atoms with Crippen molar-refractivity contribution in [1.82, 2.24) is 24.4 Å². The fourth-order valence-electron chi connectivity index (χ4n) is 3.34. The Kier molecular flexibility index (Phi) is 5.02. The second-order valence-electron chi connectivity index (χ2n) is 6.69. The van der Waals surface area contributed by atoms with Crippen LogP contribution in [0.5, 0.6) is 0 Å². The summed E-state index contributed by atoms with van der Waals surface area (Å²) in [5.41, 5.74) is 3.66. The molecule has 0 bridgehead atoms. The van der Waals surface area contributed by atoms with Crippen molar-refractivity contribution in [2.45, 2.75) is 26.0 Å². The van der Waals surface area contributed by atoms with E-state index in [0.29, 0.717) is 29.4 Å². The minimum atomic E-state index is -0.162. The van der Waals surface area contributed by atoms with Gasteiger partial charge < -0.3 is 4.74 Å². The molecular weight excluding hydrogens is 378 g/mol. The Morgan fingerprint density at radius 1 is 1.29 bits per heavy atom. The number of rotatable bonds is 6. The predicted molar refractivity (Wildman–Crippen MR) is 108 cm³/mol. The summed E-state index contributed by atoms with van der Waals surface area (Å²) >= 11 is 6.04. The van der Waals surface area contributed by atoms with E-state index in [1.165, 1.54) is 4.52 Å². The summed E-state index contributed by atoms with van der Waals surface area (Å²) < 4.78 is 8.63. The van der Waals surface area contributed by atoms with Crippen molar-refractivity contribution in [2.75, 3.05) is 7.11 Å². The molecule has 0 amide bonds. The van der Waals surface area contributed by atoms with Gasteiger partial charge in [-0.3, -0.25) is 14.6 Å². The highest BCUT2D eigenvalue weighted by atomic mass is 35.5. The number of nitrogens with zero attached hydrogens (tertiary/aromatic N) is 4. The van der Waals surface area contributed by atoms with Gasteiger partial charge in [-0.1, -0.05) is 23.7 Å². The minimum absolute atomic E-state index is 0.0840. The molecule has 1 aromatic carbocycles. The number of H-pyrrole nitrogens is 1. The average Bonchev–Trinajstić information content (AvgIpc) is 3.31. The van der Waals surface area contributed by atoms with Crippen LogP contribution in [0.1, 0.15) is 24.4 Å². The monoisotopic (exact) mass is 397 g/mol. The van der Waals surface area contributed by atoms with Crippen LogP contribution in [0.15, 0.2) is 53.6 Å². The molecule has 8 heteroatoms. The number of methoxy groups -OCH3 is 1. The molecule has 4 aromatic rings. The molecule has 0 radical (unpaired) electrons. The Hall–Kier alpha value is -2.90. The second kappa shape index (κ2) is 7.61. The Balaban J connectivity index is 1.84. The number of hydrogen-bond donors (Lipinski definition) is 1. The topological polar surface area (TPSA) is 77.2 Å². The smallest absolute Gasteiger partial charge is 0.272 e. The van der Waals surface area contributed by atoms with Gasteiger partial charge in [-0.15, -0.1) is 0 Å². The molecule has 4 rings (SSSR count). The van der Waals surface area contributed by atoms with Crippen molar-refractivity contribution in [3.63, 3.8) is 0 Å². The Labute approximate surface area is 166 Å². The average molecular weight is 398 g/mol. The van der Waals surface area contributed by atoms with E-state index in [9.17, 15) is 4.79 Å². The molecule has 28 heavy (non-hydrogen) atoms. The molecule has 1 unspecified atom stereocenters. The Morgan fingerprint density at radius 3 is 2.75 bits per heavy atom. The van der Waals surface area contributed by atoms with Crippen molar-refractivity contribution < 1.29 is 4.74 Å². The molecule has 7 nitrogen and oxygen atoms in total. The second-order valence-corrected chi connectivity index (χ2v) is 7.13. The van der Waals surface area contributed by atoms with Gasteiger partial charge in [-0.05, 0) is 30.7 Å². The first kappa shape index (κ1) is 18.5. The zero-order chi connectivity index (χ0) is 19.7. The van der Waals surface area contributed by atoms with Crippen LogP contribution >= 0.6 is 11.6 Å². The maximum atomic E-state index is 12.7. The summed E-state index contributed by atoms with van der Waals surface area (Å²) in [7, 11) is 1.62. The lowest BCUT2D eigenvalue weighted by molar-refractivity contribution is 0.181. The number of hydrogen-bond acceptors (Lipinski definition) is 4. The van der Waals surface area contributed by atoms with Gasteiger partial charge in [0.2, 0.25) is 0 Å². The lowest BCUT2D eigenvalue weighted by Crippen LogP contribution is -2.18. The van der Waals surface area contributed by atoms with Gasteiger partial charge in [-0.25, -0.2) is 9.50 Å². The van der Waals surface area contributed by atoms with E-state index < -0.39 is 0 Å². The number of halogens is 1. The summed E-state index contributed by atoms with van der Waals surface area (Å²) in [5.74, 6) is 0. The standard InChI is InChI=1S/C20H20ClN5O2/c1-13(25-9-3-8-22-25)10-16-11-18(27)26-20(23-16)19(17(24-26)12-28-2)14-4-6-15(21)7-5-14/h3-9,11,13,24H,10,12H2,1-2H3. The van der Waals surface area contributed by atoms with Crippen molar-refractivity contribution in [2.24, 2.45) is 0 Å². The van der Waals surface area contributed by atoms with E-state index in [1.54, 1.807) is 19.4 Å². The third-order valence-electron chi connectivity index (χ3n) is 4.65. The molecule has 144 valence electrons. The van der Waals surface area contributed by atoms with E-state index >= 15 is 0 Å². The summed E-state index contributed by atoms with van der Waals surface area (Å²) in [4.78, 5) is 17.5. The quantitative estimate of drug-likeness (QED) is 0.540. The summed E-state index contributed by atoms with van der Waals surface area (Å²) in [6, 6.07) is 11.0. The van der Waals surface area contributed by atoms with Crippen LogP contribution in [-0.4, -0.2) is 31.5 Å². The number of nitrogens with one attached hydrogen (secondary N) is 1. The lowest BCUT2D eigenvalue weighted by atomic mass is 10.1. The molecule has 0 aliphatic carbocycles. The normalized spacial score (nSPS) is 12.5.